The molecule has 1 N–H and O–H groups in total. The molecule has 3 rings (SSSR count). The van der Waals surface area contributed by atoms with E-state index in [9.17, 15) is 4.79 Å². The topological polar surface area (TPSA) is 44.8 Å². The summed E-state index contributed by atoms with van der Waals surface area (Å²) < 4.78 is 5.62. The number of likely N-dealkylation sites (N-methyl/N-ethyl adjacent to an activating group) is 1. The Morgan fingerprint density at radius 3 is 2.24 bits per heavy atom. The Morgan fingerprint density at radius 2 is 1.66 bits per heavy atom. The Labute approximate surface area is 178 Å². The van der Waals surface area contributed by atoms with Crippen molar-refractivity contribution in [1.29, 1.82) is 0 Å². The van der Waals surface area contributed by atoms with Crippen LogP contribution in [0, 0.1) is 0 Å². The van der Waals surface area contributed by atoms with Crippen LogP contribution in [0.4, 0.5) is 5.69 Å². The number of amides is 1. The van der Waals surface area contributed by atoms with Gasteiger partial charge in [0.15, 0.2) is 6.61 Å². The van der Waals surface area contributed by atoms with Crippen LogP contribution in [-0.2, 0) is 11.2 Å². The number of piperazine rings is 1. The molecule has 0 aromatic heterocycles. The molecule has 0 bridgehead atoms. The van der Waals surface area contributed by atoms with E-state index in [2.05, 4.69) is 29.0 Å². The second-order valence-electron chi connectivity index (χ2n) is 7.14. The molecule has 1 heterocycles. The van der Waals surface area contributed by atoms with Gasteiger partial charge in [-0.2, -0.15) is 0 Å². The van der Waals surface area contributed by atoms with Crippen LogP contribution in [0.1, 0.15) is 25.0 Å². The van der Waals surface area contributed by atoms with Crippen molar-refractivity contribution in [1.82, 2.24) is 9.80 Å². The first-order valence-corrected chi connectivity index (χ1v) is 10.6. The smallest absolute Gasteiger partial charge is 0.262 e. The van der Waals surface area contributed by atoms with E-state index in [0.29, 0.717) is 5.75 Å². The molecule has 29 heavy (non-hydrogen) atoms. The molecule has 2 aromatic carbocycles. The number of nitrogens with one attached hydrogen (secondary N) is 1. The number of ether oxygens (including phenoxy) is 1. The van der Waals surface area contributed by atoms with Gasteiger partial charge >= 0.3 is 0 Å². The molecule has 1 aliphatic heterocycles. The van der Waals surface area contributed by atoms with E-state index in [4.69, 9.17) is 17.0 Å². The number of hydrogen-bond donors (Lipinski definition) is 1. The fourth-order valence-electron chi connectivity index (χ4n) is 3.31. The van der Waals surface area contributed by atoms with Gasteiger partial charge in [0, 0.05) is 37.4 Å². The van der Waals surface area contributed by atoms with E-state index in [1.165, 1.54) is 5.56 Å². The molecule has 5 nitrogen and oxygen atoms in total. The van der Waals surface area contributed by atoms with Gasteiger partial charge in [-0.05, 0) is 54.9 Å². The Kier molecular flexibility index (Phi) is 7.61. The van der Waals surface area contributed by atoms with Crippen molar-refractivity contribution in [3.63, 3.8) is 0 Å². The van der Waals surface area contributed by atoms with Crippen LogP contribution in [0.5, 0.6) is 5.75 Å². The molecule has 0 saturated carbocycles. The Bertz CT molecular complexity index is 813. The summed E-state index contributed by atoms with van der Waals surface area (Å²) in [7, 11) is 0. The minimum absolute atomic E-state index is 0.0295. The minimum atomic E-state index is -0.178. The molecular formula is C23H29N3O2S. The highest BCUT2D eigenvalue weighted by Crippen LogP contribution is 2.16. The van der Waals surface area contributed by atoms with E-state index in [0.717, 1.165) is 55.4 Å². The van der Waals surface area contributed by atoms with Crippen molar-refractivity contribution in [3.05, 3.63) is 59.7 Å². The summed E-state index contributed by atoms with van der Waals surface area (Å²) in [4.78, 5) is 17.7. The highest BCUT2D eigenvalue weighted by Gasteiger charge is 2.18. The van der Waals surface area contributed by atoms with Gasteiger partial charge in [-0.1, -0.05) is 38.2 Å². The number of aryl methyl sites for hydroxylation is 1. The summed E-state index contributed by atoms with van der Waals surface area (Å²) >= 11 is 5.66. The molecule has 1 aliphatic rings. The van der Waals surface area contributed by atoms with Crippen molar-refractivity contribution in [2.75, 3.05) is 44.6 Å². The third-order valence-corrected chi connectivity index (χ3v) is 5.72. The number of thiocarbonyl (C=S) groups is 1. The second kappa shape index (κ2) is 10.4. The number of nitrogens with zero attached hydrogens (tertiary/aromatic N) is 2. The largest absolute Gasteiger partial charge is 0.484 e. The van der Waals surface area contributed by atoms with Gasteiger partial charge in [0.1, 0.15) is 10.7 Å². The lowest BCUT2D eigenvalue weighted by molar-refractivity contribution is -0.118. The summed E-state index contributed by atoms with van der Waals surface area (Å²) in [5.74, 6) is 0.478. The second-order valence-corrected chi connectivity index (χ2v) is 7.52. The summed E-state index contributed by atoms with van der Waals surface area (Å²) in [6, 6.07) is 15.5. The monoisotopic (exact) mass is 411 g/mol. The summed E-state index contributed by atoms with van der Waals surface area (Å²) in [6.07, 6.45) is 0.978. The third-order valence-electron chi connectivity index (χ3n) is 5.22. The molecule has 0 atom stereocenters. The number of carbonyl (C=O) groups is 1. The minimum Gasteiger partial charge on any atom is -0.484 e. The van der Waals surface area contributed by atoms with Crippen LogP contribution < -0.4 is 10.1 Å². The van der Waals surface area contributed by atoms with E-state index in [1.54, 1.807) is 0 Å². The van der Waals surface area contributed by atoms with Crippen molar-refractivity contribution >= 4 is 28.8 Å². The highest BCUT2D eigenvalue weighted by molar-refractivity contribution is 7.80. The molecule has 154 valence electrons. The molecule has 1 fully saturated rings. The fraction of sp³-hybridized carbons (Fsp3) is 0.391. The normalized spacial score (nSPS) is 14.5. The number of anilines is 1. The van der Waals surface area contributed by atoms with Crippen LogP contribution >= 0.6 is 12.2 Å². The van der Waals surface area contributed by atoms with Crippen LogP contribution in [-0.4, -0.2) is 60.0 Å². The molecular weight excluding hydrogens is 382 g/mol. The summed E-state index contributed by atoms with van der Waals surface area (Å²) in [5.41, 5.74) is 3.03. The molecule has 1 saturated heterocycles. The molecule has 2 aromatic rings. The number of rotatable bonds is 7. The standard InChI is InChI=1S/C23H29N3O2S/c1-3-18-5-9-20(10-6-18)24-22(27)17-28-21-11-7-19(8-12-21)23(29)26-15-13-25(4-2)14-16-26/h5-12H,3-4,13-17H2,1-2H3,(H,24,27). The van der Waals surface area contributed by atoms with Crippen LogP contribution in [0.3, 0.4) is 0 Å². The lowest BCUT2D eigenvalue weighted by Gasteiger charge is -2.35. The average Bonchev–Trinajstić information content (AvgIpc) is 2.78. The van der Waals surface area contributed by atoms with Crippen molar-refractivity contribution in [3.8, 4) is 5.75 Å². The Hall–Kier alpha value is -2.44. The molecule has 0 aliphatic carbocycles. The molecule has 0 radical (unpaired) electrons. The quantitative estimate of drug-likeness (QED) is 0.706. The molecule has 6 heteroatoms. The first-order valence-electron chi connectivity index (χ1n) is 10.2. The van der Waals surface area contributed by atoms with Gasteiger partial charge in [0.2, 0.25) is 0 Å². The highest BCUT2D eigenvalue weighted by atomic mass is 32.1. The zero-order valence-electron chi connectivity index (χ0n) is 17.2. The zero-order chi connectivity index (χ0) is 20.6. The Morgan fingerprint density at radius 1 is 1.00 bits per heavy atom. The van der Waals surface area contributed by atoms with Gasteiger partial charge in [0.25, 0.3) is 5.91 Å². The molecule has 1 amide bonds. The van der Waals surface area contributed by atoms with Gasteiger partial charge in [0.05, 0.1) is 0 Å². The lowest BCUT2D eigenvalue weighted by Crippen LogP contribution is -2.48. The van der Waals surface area contributed by atoms with Crippen LogP contribution in [0.15, 0.2) is 48.5 Å². The van der Waals surface area contributed by atoms with Gasteiger partial charge in [-0.3, -0.25) is 4.79 Å². The van der Waals surface area contributed by atoms with Crippen LogP contribution in [0.25, 0.3) is 0 Å². The first kappa shape index (κ1) is 21.3. The maximum absolute atomic E-state index is 12.1. The lowest BCUT2D eigenvalue weighted by atomic mass is 10.1. The van der Waals surface area contributed by atoms with E-state index >= 15 is 0 Å². The Balaban J connectivity index is 1.47. The van der Waals surface area contributed by atoms with Crippen LogP contribution in [0.2, 0.25) is 0 Å². The zero-order valence-corrected chi connectivity index (χ0v) is 18.0. The predicted octanol–water partition coefficient (Wildman–Crippen LogP) is 3.58. The fourth-order valence-corrected chi connectivity index (χ4v) is 3.63. The average molecular weight is 412 g/mol. The number of hydrogen-bond acceptors (Lipinski definition) is 4. The number of carbonyl (C=O) groups excluding carboxylic acids is 1. The maximum Gasteiger partial charge on any atom is 0.262 e. The summed E-state index contributed by atoms with van der Waals surface area (Å²) in [5, 5.41) is 2.85. The van der Waals surface area contributed by atoms with Crippen molar-refractivity contribution < 1.29 is 9.53 Å². The van der Waals surface area contributed by atoms with Gasteiger partial charge < -0.3 is 19.9 Å². The number of benzene rings is 2. The van der Waals surface area contributed by atoms with Crippen molar-refractivity contribution in [2.24, 2.45) is 0 Å². The van der Waals surface area contributed by atoms with Crippen molar-refractivity contribution in [2.45, 2.75) is 20.3 Å². The third kappa shape index (κ3) is 6.02. The SMILES string of the molecule is CCc1ccc(NC(=O)COc2ccc(C(=S)N3CCN(CC)CC3)cc2)cc1. The summed E-state index contributed by atoms with van der Waals surface area (Å²) in [6.45, 7) is 9.38. The molecule has 0 spiro atoms. The maximum atomic E-state index is 12.1. The van der Waals surface area contributed by atoms with Gasteiger partial charge in [-0.25, -0.2) is 0 Å². The molecule has 0 unspecified atom stereocenters. The first-order chi connectivity index (χ1) is 14.1. The van der Waals surface area contributed by atoms with Gasteiger partial charge in [-0.15, -0.1) is 0 Å². The van der Waals surface area contributed by atoms with E-state index in [1.807, 2.05) is 48.5 Å². The predicted molar refractivity (Wildman–Crippen MR) is 122 cm³/mol. The van der Waals surface area contributed by atoms with E-state index < -0.39 is 0 Å². The van der Waals surface area contributed by atoms with E-state index in [-0.39, 0.29) is 12.5 Å².